The van der Waals surface area contributed by atoms with Crippen molar-refractivity contribution in [1.29, 1.82) is 0 Å². The van der Waals surface area contributed by atoms with Gasteiger partial charge in [0.05, 0.1) is 6.42 Å². The molecule has 0 aromatic carbocycles. The van der Waals surface area contributed by atoms with E-state index in [0.29, 0.717) is 12.5 Å². The first-order valence-electron chi connectivity index (χ1n) is 3.84. The summed E-state index contributed by atoms with van der Waals surface area (Å²) in [6.45, 7) is 6.33. The summed E-state index contributed by atoms with van der Waals surface area (Å²) in [7, 11) is 0. The minimum Gasteiger partial charge on any atom is -0.481 e. The van der Waals surface area contributed by atoms with Crippen molar-refractivity contribution in [3.8, 4) is 0 Å². The third kappa shape index (κ3) is 2.89. The normalized spacial score (nSPS) is 16.5. The lowest BCUT2D eigenvalue weighted by molar-refractivity contribution is -0.140. The first kappa shape index (κ1) is 10.4. The zero-order chi connectivity index (χ0) is 9.07. The highest BCUT2D eigenvalue weighted by molar-refractivity contribution is 5.67. The largest absolute Gasteiger partial charge is 0.481 e. The van der Waals surface area contributed by atoms with E-state index in [1.165, 1.54) is 0 Å². The molecule has 0 saturated carbocycles. The molecule has 0 aliphatic carbocycles. The van der Waals surface area contributed by atoms with Gasteiger partial charge in [0.15, 0.2) is 0 Å². The van der Waals surface area contributed by atoms with E-state index in [2.05, 4.69) is 0 Å². The van der Waals surface area contributed by atoms with Crippen LogP contribution in [0.5, 0.6) is 0 Å². The fourth-order valence-electron chi connectivity index (χ4n) is 0.857. The number of hydrogen-bond acceptors (Lipinski definition) is 2. The molecular weight excluding hydrogens is 142 g/mol. The molecule has 0 heterocycles. The predicted octanol–water partition coefficient (Wildman–Crippen LogP) is 1.08. The van der Waals surface area contributed by atoms with Crippen molar-refractivity contribution in [3.63, 3.8) is 0 Å². The van der Waals surface area contributed by atoms with Crippen molar-refractivity contribution in [2.24, 2.45) is 17.1 Å². The molecule has 3 N–H and O–H groups in total. The van der Waals surface area contributed by atoms with Gasteiger partial charge < -0.3 is 10.8 Å². The molecule has 1 atom stereocenters. The van der Waals surface area contributed by atoms with Crippen molar-refractivity contribution >= 4 is 5.97 Å². The molecule has 0 spiro atoms. The highest BCUT2D eigenvalue weighted by atomic mass is 16.4. The van der Waals surface area contributed by atoms with Gasteiger partial charge in [-0.25, -0.2) is 0 Å². The third-order valence-corrected chi connectivity index (χ3v) is 2.42. The monoisotopic (exact) mass is 159 g/mol. The van der Waals surface area contributed by atoms with E-state index >= 15 is 0 Å². The molecule has 0 aromatic rings. The Hall–Kier alpha value is -0.570. The average Bonchev–Trinajstić information content (AvgIpc) is 1.86. The van der Waals surface area contributed by atoms with E-state index in [1.54, 1.807) is 0 Å². The van der Waals surface area contributed by atoms with Crippen molar-refractivity contribution < 1.29 is 9.90 Å². The van der Waals surface area contributed by atoms with Gasteiger partial charge in [-0.2, -0.15) is 0 Å². The van der Waals surface area contributed by atoms with Crippen molar-refractivity contribution in [2.45, 2.75) is 27.2 Å². The van der Waals surface area contributed by atoms with E-state index in [4.69, 9.17) is 10.8 Å². The highest BCUT2D eigenvalue weighted by Crippen LogP contribution is 2.29. The summed E-state index contributed by atoms with van der Waals surface area (Å²) in [5, 5.41) is 8.57. The molecule has 0 aliphatic rings. The number of aliphatic carboxylic acids is 1. The minimum absolute atomic E-state index is 0.154. The summed E-state index contributed by atoms with van der Waals surface area (Å²) in [5.41, 5.74) is 5.23. The lowest BCUT2D eigenvalue weighted by atomic mass is 9.76. The van der Waals surface area contributed by atoms with Crippen LogP contribution < -0.4 is 5.73 Å². The molecule has 1 unspecified atom stereocenters. The second-order valence-corrected chi connectivity index (χ2v) is 3.58. The van der Waals surface area contributed by atoms with E-state index < -0.39 is 5.97 Å². The maximum atomic E-state index is 10.4. The van der Waals surface area contributed by atoms with Crippen LogP contribution >= 0.6 is 0 Å². The Morgan fingerprint density at radius 3 is 2.18 bits per heavy atom. The van der Waals surface area contributed by atoms with Crippen molar-refractivity contribution in [3.05, 3.63) is 0 Å². The van der Waals surface area contributed by atoms with E-state index in [-0.39, 0.29) is 11.8 Å². The van der Waals surface area contributed by atoms with Crippen LogP contribution in [0.4, 0.5) is 0 Å². The molecule has 0 saturated heterocycles. The van der Waals surface area contributed by atoms with Gasteiger partial charge in [-0.1, -0.05) is 20.8 Å². The summed E-state index contributed by atoms with van der Waals surface area (Å²) >= 11 is 0. The van der Waals surface area contributed by atoms with Gasteiger partial charge in [0.1, 0.15) is 0 Å². The SMILES string of the molecule is CC(C)C(C)(CN)CC(=O)O. The Labute approximate surface area is 67.6 Å². The predicted molar refractivity (Wildman–Crippen MR) is 44.3 cm³/mol. The zero-order valence-corrected chi connectivity index (χ0v) is 7.42. The van der Waals surface area contributed by atoms with Crippen LogP contribution in [0, 0.1) is 11.3 Å². The molecule has 66 valence electrons. The Bertz CT molecular complexity index is 145. The first-order chi connectivity index (χ1) is 4.92. The standard InChI is InChI=1S/C8H17NO2/c1-6(2)8(3,5-9)4-7(10)11/h6H,4-5,9H2,1-3H3,(H,10,11). The smallest absolute Gasteiger partial charge is 0.303 e. The Morgan fingerprint density at radius 2 is 2.09 bits per heavy atom. The minimum atomic E-state index is -0.772. The fourth-order valence-corrected chi connectivity index (χ4v) is 0.857. The third-order valence-electron chi connectivity index (χ3n) is 2.42. The molecular formula is C8H17NO2. The second-order valence-electron chi connectivity index (χ2n) is 3.58. The van der Waals surface area contributed by atoms with E-state index in [9.17, 15) is 4.79 Å². The number of carboxylic acid groups (broad SMARTS) is 1. The van der Waals surface area contributed by atoms with E-state index in [1.807, 2.05) is 20.8 Å². The molecule has 11 heavy (non-hydrogen) atoms. The van der Waals surface area contributed by atoms with Crippen LogP contribution in [0.3, 0.4) is 0 Å². The van der Waals surface area contributed by atoms with Gasteiger partial charge in [0, 0.05) is 0 Å². The molecule has 0 aromatic heterocycles. The summed E-state index contributed by atoms with van der Waals surface area (Å²) in [6, 6.07) is 0. The maximum Gasteiger partial charge on any atom is 0.303 e. The molecule has 0 fully saturated rings. The van der Waals surface area contributed by atoms with Crippen LogP contribution in [0.25, 0.3) is 0 Å². The summed E-state index contributed by atoms with van der Waals surface area (Å²) < 4.78 is 0. The van der Waals surface area contributed by atoms with Crippen LogP contribution in [0.15, 0.2) is 0 Å². The number of nitrogens with two attached hydrogens (primary N) is 1. The van der Waals surface area contributed by atoms with Gasteiger partial charge in [-0.3, -0.25) is 4.79 Å². The Morgan fingerprint density at radius 1 is 1.64 bits per heavy atom. The summed E-state index contributed by atoms with van der Waals surface area (Å²) in [5.74, 6) is -0.463. The van der Waals surface area contributed by atoms with E-state index in [0.717, 1.165) is 0 Å². The zero-order valence-electron chi connectivity index (χ0n) is 7.42. The molecule has 0 rings (SSSR count). The molecule has 0 aliphatic heterocycles. The fraction of sp³-hybridized carbons (Fsp3) is 0.875. The Kier molecular flexibility index (Phi) is 3.52. The second kappa shape index (κ2) is 3.72. The molecule has 0 radical (unpaired) electrons. The topological polar surface area (TPSA) is 63.3 Å². The van der Waals surface area contributed by atoms with Gasteiger partial charge in [-0.05, 0) is 17.9 Å². The lowest BCUT2D eigenvalue weighted by Gasteiger charge is -2.30. The van der Waals surface area contributed by atoms with Gasteiger partial charge in [0.2, 0.25) is 0 Å². The number of rotatable bonds is 4. The van der Waals surface area contributed by atoms with Crippen LogP contribution in [-0.4, -0.2) is 17.6 Å². The lowest BCUT2D eigenvalue weighted by Crippen LogP contribution is -2.34. The van der Waals surface area contributed by atoms with Crippen molar-refractivity contribution in [2.75, 3.05) is 6.54 Å². The Balaban J connectivity index is 4.22. The van der Waals surface area contributed by atoms with Crippen LogP contribution in [0.2, 0.25) is 0 Å². The average molecular weight is 159 g/mol. The maximum absolute atomic E-state index is 10.4. The molecule has 0 amide bonds. The first-order valence-corrected chi connectivity index (χ1v) is 3.84. The summed E-state index contributed by atoms with van der Waals surface area (Å²) in [6.07, 6.45) is 0.154. The molecule has 3 heteroatoms. The number of carboxylic acids is 1. The van der Waals surface area contributed by atoms with Crippen molar-refractivity contribution in [1.82, 2.24) is 0 Å². The van der Waals surface area contributed by atoms with Crippen LogP contribution in [0.1, 0.15) is 27.2 Å². The summed E-state index contributed by atoms with van der Waals surface area (Å²) in [4.78, 5) is 10.4. The van der Waals surface area contributed by atoms with Gasteiger partial charge in [0.25, 0.3) is 0 Å². The quantitative estimate of drug-likeness (QED) is 0.645. The van der Waals surface area contributed by atoms with Gasteiger partial charge in [-0.15, -0.1) is 0 Å². The number of carbonyl (C=O) groups is 1. The highest BCUT2D eigenvalue weighted by Gasteiger charge is 2.29. The molecule has 0 bridgehead atoms. The van der Waals surface area contributed by atoms with Gasteiger partial charge >= 0.3 is 5.97 Å². The van der Waals surface area contributed by atoms with Crippen LogP contribution in [-0.2, 0) is 4.79 Å². The number of hydrogen-bond donors (Lipinski definition) is 2. The molecule has 3 nitrogen and oxygen atoms in total.